The largest absolute Gasteiger partial charge is 0.493 e. The second kappa shape index (κ2) is 12.1. The van der Waals surface area contributed by atoms with Crippen molar-refractivity contribution in [1.29, 1.82) is 0 Å². The summed E-state index contributed by atoms with van der Waals surface area (Å²) in [7, 11) is 6.05. The Hall–Kier alpha value is -4.46. The van der Waals surface area contributed by atoms with Gasteiger partial charge in [-0.3, -0.25) is 0 Å². The molecular weight excluding hydrogens is 452 g/mol. The van der Waals surface area contributed by atoms with E-state index in [9.17, 15) is 9.59 Å². The molecule has 35 heavy (non-hydrogen) atoms. The lowest BCUT2D eigenvalue weighted by Crippen LogP contribution is -2.23. The fourth-order valence-electron chi connectivity index (χ4n) is 3.19. The van der Waals surface area contributed by atoms with E-state index in [4.69, 9.17) is 28.4 Å². The zero-order valence-electron chi connectivity index (χ0n) is 19.9. The number of carbonyl (C=O) groups is 2. The Kier molecular flexibility index (Phi) is 8.72. The van der Waals surface area contributed by atoms with E-state index in [2.05, 4.69) is 0 Å². The fraction of sp³-hybridized carbons (Fsp3) is 0.185. The summed E-state index contributed by atoms with van der Waals surface area (Å²) in [6.07, 6.45) is 3.62. The topological polar surface area (TPSA) is 89.5 Å². The van der Waals surface area contributed by atoms with E-state index in [-0.39, 0.29) is 12.4 Å². The minimum Gasteiger partial charge on any atom is -0.493 e. The highest BCUT2D eigenvalue weighted by Crippen LogP contribution is 2.38. The number of benzene rings is 3. The maximum atomic E-state index is 12.3. The van der Waals surface area contributed by atoms with Crippen LogP contribution in [0.5, 0.6) is 28.7 Å². The molecule has 8 heteroatoms. The van der Waals surface area contributed by atoms with E-state index in [1.54, 1.807) is 62.8 Å². The molecule has 0 fully saturated rings. The van der Waals surface area contributed by atoms with Gasteiger partial charge in [0.15, 0.2) is 23.0 Å². The summed E-state index contributed by atoms with van der Waals surface area (Å²) < 4.78 is 31.6. The first-order chi connectivity index (χ1) is 17.0. The van der Waals surface area contributed by atoms with Gasteiger partial charge in [-0.15, -0.1) is 0 Å². The van der Waals surface area contributed by atoms with Gasteiger partial charge in [-0.05, 0) is 41.0 Å². The molecule has 0 N–H and O–H groups in total. The van der Waals surface area contributed by atoms with Gasteiger partial charge in [-0.25, -0.2) is 9.59 Å². The molecule has 0 aliphatic rings. The summed E-state index contributed by atoms with van der Waals surface area (Å²) in [5.74, 6) is -0.348. The first kappa shape index (κ1) is 25.2. The Morgan fingerprint density at radius 1 is 0.657 bits per heavy atom. The second-order valence-electron chi connectivity index (χ2n) is 7.15. The van der Waals surface area contributed by atoms with Crippen LogP contribution in [-0.4, -0.2) is 40.4 Å². The van der Waals surface area contributed by atoms with Crippen LogP contribution in [0.25, 0.3) is 12.2 Å². The number of methoxy groups -OCH3 is 4. The van der Waals surface area contributed by atoms with Gasteiger partial charge >= 0.3 is 11.9 Å². The SMILES string of the molecule is COc1ccc(/C=C\c2cc(OC)c(OC)c(OC)c2)cc1OC(=O)C(=O)OCc1ccccc1. The van der Waals surface area contributed by atoms with Gasteiger partial charge in [0.05, 0.1) is 28.4 Å². The second-order valence-corrected chi connectivity index (χ2v) is 7.15. The van der Waals surface area contributed by atoms with Crippen molar-refractivity contribution in [2.45, 2.75) is 6.61 Å². The van der Waals surface area contributed by atoms with E-state index >= 15 is 0 Å². The third-order valence-electron chi connectivity index (χ3n) is 4.93. The minimum absolute atomic E-state index is 0.0382. The lowest BCUT2D eigenvalue weighted by molar-refractivity contribution is -0.163. The van der Waals surface area contributed by atoms with Gasteiger partial charge in [0.2, 0.25) is 5.75 Å². The van der Waals surface area contributed by atoms with Crippen LogP contribution in [0, 0.1) is 0 Å². The van der Waals surface area contributed by atoms with E-state index < -0.39 is 11.9 Å². The average molecular weight is 478 g/mol. The predicted molar refractivity (Wildman–Crippen MR) is 130 cm³/mol. The summed E-state index contributed by atoms with van der Waals surface area (Å²) in [5, 5.41) is 0. The lowest BCUT2D eigenvalue weighted by atomic mass is 10.1. The molecule has 0 saturated heterocycles. The van der Waals surface area contributed by atoms with Crippen molar-refractivity contribution in [3.63, 3.8) is 0 Å². The molecule has 0 bridgehead atoms. The molecule has 0 aliphatic carbocycles. The number of hydrogen-bond acceptors (Lipinski definition) is 8. The Morgan fingerprint density at radius 2 is 1.26 bits per heavy atom. The van der Waals surface area contributed by atoms with Crippen LogP contribution in [0.4, 0.5) is 0 Å². The quantitative estimate of drug-likeness (QED) is 0.192. The number of carbonyl (C=O) groups excluding carboxylic acids is 2. The van der Waals surface area contributed by atoms with Crippen LogP contribution in [0.15, 0.2) is 60.7 Å². The average Bonchev–Trinajstić information content (AvgIpc) is 2.90. The Labute approximate surface area is 203 Å². The zero-order valence-corrected chi connectivity index (χ0v) is 19.9. The van der Waals surface area contributed by atoms with Crippen molar-refractivity contribution in [3.8, 4) is 28.7 Å². The first-order valence-electron chi connectivity index (χ1n) is 10.6. The molecule has 0 amide bonds. The number of rotatable bonds is 9. The van der Waals surface area contributed by atoms with Gasteiger partial charge in [0.1, 0.15) is 6.61 Å². The van der Waals surface area contributed by atoms with Crippen molar-refractivity contribution in [2.24, 2.45) is 0 Å². The standard InChI is InChI=1S/C27H26O8/c1-30-21-13-12-18(10-11-20-15-23(31-2)25(33-4)24(16-20)32-3)14-22(21)35-27(29)26(28)34-17-19-8-6-5-7-9-19/h5-16H,17H2,1-4H3/b11-10-. The first-order valence-corrected chi connectivity index (χ1v) is 10.6. The molecule has 3 aromatic carbocycles. The van der Waals surface area contributed by atoms with Crippen LogP contribution < -0.4 is 23.7 Å². The highest BCUT2D eigenvalue weighted by Gasteiger charge is 2.21. The Balaban J connectivity index is 1.75. The lowest BCUT2D eigenvalue weighted by Gasteiger charge is -2.13. The number of ether oxygens (including phenoxy) is 6. The smallest absolute Gasteiger partial charge is 0.423 e. The molecule has 8 nitrogen and oxygen atoms in total. The normalized spacial score (nSPS) is 10.5. The molecule has 0 saturated carbocycles. The minimum atomic E-state index is -1.15. The zero-order chi connectivity index (χ0) is 25.2. The summed E-state index contributed by atoms with van der Waals surface area (Å²) in [4.78, 5) is 24.4. The monoisotopic (exact) mass is 478 g/mol. The molecule has 0 atom stereocenters. The summed E-state index contributed by atoms with van der Waals surface area (Å²) in [6, 6.07) is 17.6. The molecule has 0 aromatic heterocycles. The third kappa shape index (κ3) is 6.54. The molecule has 3 rings (SSSR count). The van der Waals surface area contributed by atoms with Gasteiger partial charge < -0.3 is 28.4 Å². The summed E-state index contributed by atoms with van der Waals surface area (Å²) in [5.41, 5.74) is 2.24. The van der Waals surface area contributed by atoms with E-state index in [1.165, 1.54) is 14.2 Å². The molecule has 0 radical (unpaired) electrons. The highest BCUT2D eigenvalue weighted by molar-refractivity contribution is 6.30. The van der Waals surface area contributed by atoms with Crippen LogP contribution in [-0.2, 0) is 20.9 Å². The summed E-state index contributed by atoms with van der Waals surface area (Å²) >= 11 is 0. The Morgan fingerprint density at radius 3 is 1.86 bits per heavy atom. The summed E-state index contributed by atoms with van der Waals surface area (Å²) in [6.45, 7) is -0.0382. The van der Waals surface area contributed by atoms with Crippen molar-refractivity contribution in [2.75, 3.05) is 28.4 Å². The van der Waals surface area contributed by atoms with Gasteiger partial charge in [-0.1, -0.05) is 48.6 Å². The van der Waals surface area contributed by atoms with Crippen molar-refractivity contribution >= 4 is 24.1 Å². The maximum Gasteiger partial charge on any atom is 0.423 e. The highest BCUT2D eigenvalue weighted by atomic mass is 16.6. The van der Waals surface area contributed by atoms with Crippen LogP contribution in [0.2, 0.25) is 0 Å². The number of esters is 2. The predicted octanol–water partition coefficient (Wildman–Crippen LogP) is 4.54. The van der Waals surface area contributed by atoms with E-state index in [1.807, 2.05) is 24.3 Å². The molecular formula is C27H26O8. The molecule has 3 aromatic rings. The number of hydrogen-bond donors (Lipinski definition) is 0. The fourth-order valence-corrected chi connectivity index (χ4v) is 3.19. The van der Waals surface area contributed by atoms with Crippen LogP contribution >= 0.6 is 0 Å². The van der Waals surface area contributed by atoms with E-state index in [0.29, 0.717) is 28.6 Å². The van der Waals surface area contributed by atoms with Gasteiger partial charge in [0, 0.05) is 0 Å². The van der Waals surface area contributed by atoms with Gasteiger partial charge in [0.25, 0.3) is 0 Å². The van der Waals surface area contributed by atoms with Crippen molar-refractivity contribution in [3.05, 3.63) is 77.4 Å². The van der Waals surface area contributed by atoms with Crippen molar-refractivity contribution in [1.82, 2.24) is 0 Å². The van der Waals surface area contributed by atoms with Gasteiger partial charge in [-0.2, -0.15) is 0 Å². The van der Waals surface area contributed by atoms with E-state index in [0.717, 1.165) is 11.1 Å². The van der Waals surface area contributed by atoms with Crippen LogP contribution in [0.3, 0.4) is 0 Å². The van der Waals surface area contributed by atoms with Crippen LogP contribution in [0.1, 0.15) is 16.7 Å². The maximum absolute atomic E-state index is 12.3. The molecule has 0 aliphatic heterocycles. The third-order valence-corrected chi connectivity index (χ3v) is 4.93. The Bertz CT molecular complexity index is 1180. The molecule has 0 unspecified atom stereocenters. The van der Waals surface area contributed by atoms with Crippen molar-refractivity contribution < 1.29 is 38.0 Å². The molecule has 0 heterocycles. The molecule has 182 valence electrons. The molecule has 0 spiro atoms.